The van der Waals surface area contributed by atoms with E-state index in [9.17, 15) is 14.7 Å². The molecule has 5 heteroatoms. The van der Waals surface area contributed by atoms with Gasteiger partial charge in [-0.15, -0.1) is 0 Å². The van der Waals surface area contributed by atoms with Crippen LogP contribution in [0.25, 0.3) is 0 Å². The minimum absolute atomic E-state index is 0.0599. The molecule has 0 amide bonds. The second kappa shape index (κ2) is 16.2. The molecule has 5 nitrogen and oxygen atoms in total. The smallest absolute Gasteiger partial charge is 0.364 e. The van der Waals surface area contributed by atoms with Gasteiger partial charge in [-0.2, -0.15) is 5.06 Å². The number of hydroxylamine groups is 2. The minimum atomic E-state index is -1.07. The first-order valence-corrected chi connectivity index (χ1v) is 14.1. The number of benzene rings is 1. The number of carboxylic acid groups (broad SMARTS) is 1. The van der Waals surface area contributed by atoms with Crippen molar-refractivity contribution < 1.29 is 19.5 Å². The quantitative estimate of drug-likeness (QED) is 0.218. The Labute approximate surface area is 218 Å². The molecule has 1 N–H and O–H groups in total. The minimum Gasteiger partial charge on any atom is -0.478 e. The number of carboxylic acids is 1. The number of nitrogens with zero attached hydrogens (tertiary/aromatic N) is 1. The normalized spacial score (nSPS) is 13.4. The topological polar surface area (TPSA) is 66.8 Å². The fourth-order valence-electron chi connectivity index (χ4n) is 4.84. The zero-order chi connectivity index (χ0) is 26.3. The number of aromatic carboxylic acids is 1. The van der Waals surface area contributed by atoms with Gasteiger partial charge in [-0.25, -0.2) is 9.59 Å². The van der Waals surface area contributed by atoms with E-state index < -0.39 is 11.9 Å². The maximum atomic E-state index is 13.4. The lowest BCUT2D eigenvalue weighted by Crippen LogP contribution is -2.27. The van der Waals surface area contributed by atoms with Crippen LogP contribution in [-0.4, -0.2) is 22.1 Å². The van der Waals surface area contributed by atoms with Crippen molar-refractivity contribution in [2.75, 3.05) is 0 Å². The zero-order valence-corrected chi connectivity index (χ0v) is 23.0. The average Bonchev–Trinajstić information content (AvgIpc) is 2.85. The molecular weight excluding hydrogens is 450 g/mol. The molecular formula is C31H47NO4. The summed E-state index contributed by atoms with van der Waals surface area (Å²) >= 11 is 0. The Morgan fingerprint density at radius 3 is 1.89 bits per heavy atom. The molecule has 1 heterocycles. The van der Waals surface area contributed by atoms with Crippen molar-refractivity contribution in [2.45, 2.75) is 124 Å². The van der Waals surface area contributed by atoms with Crippen LogP contribution in [0, 0.1) is 0 Å². The number of hydrogen-bond donors (Lipinski definition) is 1. The van der Waals surface area contributed by atoms with Crippen LogP contribution in [0.2, 0.25) is 0 Å². The van der Waals surface area contributed by atoms with Crippen molar-refractivity contribution in [3.8, 4) is 0 Å². The number of aryl methyl sites for hydroxylation is 2. The first kappa shape index (κ1) is 29.7. The molecule has 0 saturated carbocycles. The number of hydrogen-bond acceptors (Lipinski definition) is 4. The van der Waals surface area contributed by atoms with Crippen molar-refractivity contribution in [2.24, 2.45) is 0 Å². The lowest BCUT2D eigenvalue weighted by atomic mass is 9.92. The summed E-state index contributed by atoms with van der Waals surface area (Å²) in [6.07, 6.45) is 20.3. The number of allylic oxidation sites excluding steroid dienone is 4. The van der Waals surface area contributed by atoms with Gasteiger partial charge in [-0.3, -0.25) is 0 Å². The van der Waals surface area contributed by atoms with Crippen LogP contribution < -0.4 is 0 Å². The number of carbonyl (C=O) groups excluding carboxylic acids is 1. The van der Waals surface area contributed by atoms with E-state index in [2.05, 4.69) is 19.9 Å². The lowest BCUT2D eigenvalue weighted by molar-refractivity contribution is -0.0602. The van der Waals surface area contributed by atoms with E-state index in [0.717, 1.165) is 61.0 Å². The van der Waals surface area contributed by atoms with Crippen molar-refractivity contribution in [3.05, 3.63) is 57.9 Å². The highest BCUT2D eigenvalue weighted by Crippen LogP contribution is 2.26. The predicted octanol–water partition coefficient (Wildman–Crippen LogP) is 8.78. The second-order valence-corrected chi connectivity index (χ2v) is 10.1. The van der Waals surface area contributed by atoms with E-state index in [0.29, 0.717) is 6.42 Å². The molecule has 0 aliphatic carbocycles. The molecule has 1 aromatic rings. The van der Waals surface area contributed by atoms with Gasteiger partial charge in [0.25, 0.3) is 0 Å². The first-order chi connectivity index (χ1) is 17.4. The third-order valence-corrected chi connectivity index (χ3v) is 6.97. The molecule has 0 saturated heterocycles. The van der Waals surface area contributed by atoms with Gasteiger partial charge in [0, 0.05) is 0 Å². The largest absolute Gasteiger partial charge is 0.478 e. The summed E-state index contributed by atoms with van der Waals surface area (Å²) < 4.78 is 0. The van der Waals surface area contributed by atoms with Crippen molar-refractivity contribution in [1.82, 2.24) is 5.06 Å². The number of unbranched alkanes of at least 4 members (excludes halogenated alkanes) is 10. The van der Waals surface area contributed by atoms with Crippen molar-refractivity contribution in [1.29, 1.82) is 0 Å². The summed E-state index contributed by atoms with van der Waals surface area (Å²) in [7, 11) is 0. The molecule has 0 unspecified atom stereocenters. The van der Waals surface area contributed by atoms with Gasteiger partial charge in [0.15, 0.2) is 0 Å². The summed E-state index contributed by atoms with van der Waals surface area (Å²) in [5.41, 5.74) is 3.73. The highest BCUT2D eigenvalue weighted by atomic mass is 16.7. The van der Waals surface area contributed by atoms with Crippen molar-refractivity contribution in [3.63, 3.8) is 0 Å². The van der Waals surface area contributed by atoms with E-state index in [4.69, 9.17) is 4.84 Å². The third-order valence-electron chi connectivity index (χ3n) is 6.97. The van der Waals surface area contributed by atoms with Crippen LogP contribution in [-0.2, 0) is 17.7 Å². The molecule has 0 aromatic heterocycles. The van der Waals surface area contributed by atoms with E-state index in [-0.39, 0.29) is 11.1 Å². The summed E-state index contributed by atoms with van der Waals surface area (Å²) in [5.74, 6) is -1.67. The van der Waals surface area contributed by atoms with Crippen LogP contribution in [0.3, 0.4) is 0 Å². The van der Waals surface area contributed by atoms with E-state index in [1.165, 1.54) is 56.4 Å². The highest BCUT2D eigenvalue weighted by Gasteiger charge is 2.26. The average molecular weight is 498 g/mol. The predicted molar refractivity (Wildman–Crippen MR) is 147 cm³/mol. The zero-order valence-electron chi connectivity index (χ0n) is 23.0. The van der Waals surface area contributed by atoms with E-state index in [1.54, 1.807) is 6.07 Å². The maximum absolute atomic E-state index is 13.4. The Balaban J connectivity index is 2.25. The van der Waals surface area contributed by atoms with Crippen molar-refractivity contribution >= 4 is 11.9 Å². The van der Waals surface area contributed by atoms with Gasteiger partial charge >= 0.3 is 11.9 Å². The van der Waals surface area contributed by atoms with E-state index >= 15 is 0 Å². The van der Waals surface area contributed by atoms with Gasteiger partial charge < -0.3 is 9.94 Å². The van der Waals surface area contributed by atoms with E-state index in [1.807, 2.05) is 26.0 Å². The Bertz CT molecular complexity index is 897. The van der Waals surface area contributed by atoms with Gasteiger partial charge in [0.1, 0.15) is 0 Å². The van der Waals surface area contributed by atoms with Crippen LogP contribution in [0.4, 0.5) is 0 Å². The second-order valence-electron chi connectivity index (χ2n) is 10.1. The lowest BCUT2D eigenvalue weighted by Gasteiger charge is -2.27. The third kappa shape index (κ3) is 9.48. The Morgan fingerprint density at radius 2 is 1.33 bits per heavy atom. The molecule has 1 aliphatic heterocycles. The van der Waals surface area contributed by atoms with Gasteiger partial charge in [0.05, 0.1) is 22.5 Å². The van der Waals surface area contributed by atoms with Gasteiger partial charge in [0.2, 0.25) is 0 Å². The summed E-state index contributed by atoms with van der Waals surface area (Å²) in [6.45, 7) is 8.20. The molecule has 0 atom stereocenters. The summed E-state index contributed by atoms with van der Waals surface area (Å²) in [5, 5.41) is 11.6. The monoisotopic (exact) mass is 497 g/mol. The Kier molecular flexibility index (Phi) is 13.4. The van der Waals surface area contributed by atoms with Crippen LogP contribution in [0.5, 0.6) is 0 Å². The van der Waals surface area contributed by atoms with Crippen LogP contribution in [0.15, 0.2) is 35.7 Å². The van der Waals surface area contributed by atoms with Crippen LogP contribution >= 0.6 is 0 Å². The standard InChI is InChI=1S/C31H47NO4/c1-5-7-9-11-13-15-20-26-22-27(21-16-14-12-10-8-6-2)29(28(23-26)30(33)34)31(35)36-32-24(3)18-17-19-25(32)4/h18-19,22-23H,5-17,20-21H2,1-4H3,(H,33,34). The summed E-state index contributed by atoms with van der Waals surface area (Å²) in [4.78, 5) is 31.5. The fourth-order valence-corrected chi connectivity index (χ4v) is 4.84. The van der Waals surface area contributed by atoms with Gasteiger partial charge in [-0.1, -0.05) is 96.3 Å². The maximum Gasteiger partial charge on any atom is 0.364 e. The van der Waals surface area contributed by atoms with Gasteiger partial charge in [-0.05, 0) is 63.1 Å². The molecule has 2 rings (SSSR count). The highest BCUT2D eigenvalue weighted by molar-refractivity contribution is 6.03. The molecule has 0 bridgehead atoms. The molecule has 36 heavy (non-hydrogen) atoms. The molecule has 0 spiro atoms. The SMILES string of the molecule is CCCCCCCCc1cc(CCCCCCCC)c(C(=O)ON2C(C)=CCC=C2C)c(C(=O)O)c1. The molecule has 0 radical (unpaired) electrons. The Hall–Kier alpha value is -2.56. The molecule has 1 aliphatic rings. The first-order valence-electron chi connectivity index (χ1n) is 14.1. The number of rotatable bonds is 17. The Morgan fingerprint density at radius 1 is 0.806 bits per heavy atom. The fraction of sp³-hybridized carbons (Fsp3) is 0.613. The molecule has 200 valence electrons. The van der Waals surface area contributed by atoms with Crippen LogP contribution in [0.1, 0.15) is 143 Å². The summed E-state index contributed by atoms with van der Waals surface area (Å²) in [6, 6.07) is 3.75. The molecule has 1 aromatic carbocycles. The molecule has 0 fully saturated rings. The number of carbonyl (C=O) groups is 2.